The Kier molecular flexibility index (Phi) is 6.51. The summed E-state index contributed by atoms with van der Waals surface area (Å²) in [5.74, 6) is 0.684. The van der Waals surface area contributed by atoms with Gasteiger partial charge in [-0.05, 0) is 43.7 Å². The van der Waals surface area contributed by atoms with Crippen LogP contribution in [-0.2, 0) is 21.3 Å². The number of nitrogens with zero attached hydrogens (tertiary/aromatic N) is 4. The first kappa shape index (κ1) is 23.0. The summed E-state index contributed by atoms with van der Waals surface area (Å²) in [6.07, 6.45) is 0.0115. The van der Waals surface area contributed by atoms with Gasteiger partial charge in [0.25, 0.3) is 0 Å². The smallest absolute Gasteiger partial charge is 0.243 e. The SMILES string of the molecule is CC1CN(c2oc(-c3ccc(S(=O)(=O)N(C)Cc4ccccc4)cc3)nc2C#N)CC(C)O1. The van der Waals surface area contributed by atoms with Gasteiger partial charge < -0.3 is 14.1 Å². The van der Waals surface area contributed by atoms with Crippen LogP contribution in [0.25, 0.3) is 11.5 Å². The molecule has 4 rings (SSSR count). The maximum Gasteiger partial charge on any atom is 0.243 e. The van der Waals surface area contributed by atoms with Crippen LogP contribution in [0, 0.1) is 11.3 Å². The van der Waals surface area contributed by atoms with Crippen molar-refractivity contribution in [2.24, 2.45) is 0 Å². The third-order valence-corrected chi connectivity index (χ3v) is 7.30. The molecule has 0 N–H and O–H groups in total. The molecule has 9 heteroatoms. The first-order chi connectivity index (χ1) is 15.8. The second-order valence-corrected chi connectivity index (χ2v) is 10.3. The van der Waals surface area contributed by atoms with Crippen LogP contribution < -0.4 is 4.90 Å². The normalized spacial score (nSPS) is 18.9. The van der Waals surface area contributed by atoms with E-state index in [1.165, 1.54) is 16.4 Å². The fourth-order valence-electron chi connectivity index (χ4n) is 3.94. The number of oxazole rings is 1. The fourth-order valence-corrected chi connectivity index (χ4v) is 5.10. The van der Waals surface area contributed by atoms with Gasteiger partial charge in [0.2, 0.25) is 27.5 Å². The minimum Gasteiger partial charge on any atom is -0.419 e. The molecule has 0 spiro atoms. The Balaban J connectivity index is 1.56. The highest BCUT2D eigenvalue weighted by Crippen LogP contribution is 2.31. The zero-order chi connectivity index (χ0) is 23.6. The van der Waals surface area contributed by atoms with Crippen LogP contribution in [-0.4, -0.2) is 50.1 Å². The van der Waals surface area contributed by atoms with E-state index in [-0.39, 0.29) is 35.2 Å². The van der Waals surface area contributed by atoms with E-state index in [4.69, 9.17) is 9.15 Å². The molecule has 1 aliphatic rings. The number of aromatic nitrogens is 1. The fraction of sp³-hybridized carbons (Fsp3) is 0.333. The molecule has 0 radical (unpaired) electrons. The summed E-state index contributed by atoms with van der Waals surface area (Å²) >= 11 is 0. The van der Waals surface area contributed by atoms with E-state index >= 15 is 0 Å². The van der Waals surface area contributed by atoms with Crippen molar-refractivity contribution < 1.29 is 17.6 Å². The number of hydrogen-bond donors (Lipinski definition) is 0. The first-order valence-corrected chi connectivity index (χ1v) is 12.1. The highest BCUT2D eigenvalue weighted by atomic mass is 32.2. The number of hydrogen-bond acceptors (Lipinski definition) is 7. The summed E-state index contributed by atoms with van der Waals surface area (Å²) in [6.45, 7) is 5.41. The van der Waals surface area contributed by atoms with Gasteiger partial charge in [-0.1, -0.05) is 30.3 Å². The Hall–Kier alpha value is -3.19. The van der Waals surface area contributed by atoms with E-state index in [2.05, 4.69) is 11.1 Å². The van der Waals surface area contributed by atoms with Gasteiger partial charge in [-0.15, -0.1) is 0 Å². The highest BCUT2D eigenvalue weighted by Gasteiger charge is 2.28. The number of anilines is 1. The second-order valence-electron chi connectivity index (χ2n) is 8.22. The molecule has 172 valence electrons. The molecule has 1 fully saturated rings. The maximum atomic E-state index is 13.0. The minimum absolute atomic E-state index is 0.00575. The minimum atomic E-state index is -3.67. The number of ether oxygens (including phenoxy) is 1. The Morgan fingerprint density at radius 1 is 1.09 bits per heavy atom. The van der Waals surface area contributed by atoms with Crippen LogP contribution in [0.3, 0.4) is 0 Å². The lowest BCUT2D eigenvalue weighted by Gasteiger charge is -2.34. The maximum absolute atomic E-state index is 13.0. The molecular weight excluding hydrogens is 440 g/mol. The number of rotatable bonds is 6. The number of morpholine rings is 1. The van der Waals surface area contributed by atoms with Crippen molar-refractivity contribution in [3.05, 3.63) is 65.9 Å². The van der Waals surface area contributed by atoms with Gasteiger partial charge in [0.15, 0.2) is 0 Å². The molecule has 2 heterocycles. The predicted octanol–water partition coefficient (Wildman–Crippen LogP) is 3.65. The van der Waals surface area contributed by atoms with Crippen molar-refractivity contribution >= 4 is 15.9 Å². The molecular formula is C24H26N4O4S. The van der Waals surface area contributed by atoms with Gasteiger partial charge in [-0.25, -0.2) is 8.42 Å². The van der Waals surface area contributed by atoms with E-state index in [0.29, 0.717) is 24.5 Å². The molecule has 1 aliphatic heterocycles. The number of benzene rings is 2. The molecule has 2 aromatic carbocycles. The van der Waals surface area contributed by atoms with Crippen molar-refractivity contribution in [3.63, 3.8) is 0 Å². The van der Waals surface area contributed by atoms with E-state index in [1.54, 1.807) is 19.2 Å². The molecule has 3 aromatic rings. The van der Waals surface area contributed by atoms with E-state index in [1.807, 2.05) is 49.1 Å². The third-order valence-electron chi connectivity index (χ3n) is 5.48. The van der Waals surface area contributed by atoms with Crippen LogP contribution in [0.2, 0.25) is 0 Å². The quantitative estimate of drug-likeness (QED) is 0.547. The van der Waals surface area contributed by atoms with Crippen molar-refractivity contribution in [2.45, 2.75) is 37.5 Å². The molecule has 8 nitrogen and oxygen atoms in total. The molecule has 1 aromatic heterocycles. The van der Waals surface area contributed by atoms with Crippen LogP contribution in [0.4, 0.5) is 5.88 Å². The van der Waals surface area contributed by atoms with E-state index in [0.717, 1.165) is 5.56 Å². The summed E-state index contributed by atoms with van der Waals surface area (Å²) in [5.41, 5.74) is 1.70. The van der Waals surface area contributed by atoms with Crippen LogP contribution >= 0.6 is 0 Å². The Morgan fingerprint density at radius 2 is 1.73 bits per heavy atom. The third kappa shape index (κ3) is 4.93. The summed E-state index contributed by atoms with van der Waals surface area (Å²) in [7, 11) is -2.11. The molecule has 1 saturated heterocycles. The van der Waals surface area contributed by atoms with Crippen molar-refractivity contribution in [2.75, 3.05) is 25.0 Å². The van der Waals surface area contributed by atoms with E-state index in [9.17, 15) is 13.7 Å². The predicted molar refractivity (Wildman–Crippen MR) is 124 cm³/mol. The topological polar surface area (TPSA) is 99.7 Å². The summed E-state index contributed by atoms with van der Waals surface area (Å²) < 4.78 is 39.0. The summed E-state index contributed by atoms with van der Waals surface area (Å²) in [5, 5.41) is 9.56. The lowest BCUT2D eigenvalue weighted by atomic mass is 10.2. The van der Waals surface area contributed by atoms with Gasteiger partial charge in [0.1, 0.15) is 6.07 Å². The second kappa shape index (κ2) is 9.35. The Morgan fingerprint density at radius 3 is 2.33 bits per heavy atom. The Bertz CT molecular complexity index is 1240. The van der Waals surface area contributed by atoms with Crippen LogP contribution in [0.5, 0.6) is 0 Å². The van der Waals surface area contributed by atoms with Gasteiger partial charge in [-0.2, -0.15) is 14.6 Å². The highest BCUT2D eigenvalue weighted by molar-refractivity contribution is 7.89. The molecule has 33 heavy (non-hydrogen) atoms. The molecule has 2 unspecified atom stereocenters. The standard InChI is InChI=1S/C24H26N4O4S/c1-17-14-28(15-18(2)31-17)24-22(13-25)26-23(32-24)20-9-11-21(12-10-20)33(29,30)27(3)16-19-7-5-4-6-8-19/h4-12,17-18H,14-16H2,1-3H3. The first-order valence-electron chi connectivity index (χ1n) is 10.7. The lowest BCUT2D eigenvalue weighted by Crippen LogP contribution is -2.45. The summed E-state index contributed by atoms with van der Waals surface area (Å²) in [6, 6.07) is 17.9. The largest absolute Gasteiger partial charge is 0.419 e. The molecule has 0 saturated carbocycles. The molecule has 0 bridgehead atoms. The van der Waals surface area contributed by atoms with Crippen LogP contribution in [0.15, 0.2) is 63.9 Å². The number of sulfonamides is 1. The summed E-state index contributed by atoms with van der Waals surface area (Å²) in [4.78, 5) is 6.47. The zero-order valence-corrected chi connectivity index (χ0v) is 19.6. The monoisotopic (exact) mass is 466 g/mol. The zero-order valence-electron chi connectivity index (χ0n) is 18.8. The van der Waals surface area contributed by atoms with Crippen molar-refractivity contribution in [1.82, 2.24) is 9.29 Å². The average molecular weight is 467 g/mol. The van der Waals surface area contributed by atoms with Gasteiger partial charge >= 0.3 is 0 Å². The molecule has 2 atom stereocenters. The molecule has 0 aliphatic carbocycles. The van der Waals surface area contributed by atoms with E-state index < -0.39 is 10.0 Å². The average Bonchev–Trinajstić information content (AvgIpc) is 3.24. The van der Waals surface area contributed by atoms with Crippen molar-refractivity contribution in [3.8, 4) is 17.5 Å². The number of nitriles is 1. The van der Waals surface area contributed by atoms with Gasteiger partial charge in [0.05, 0.1) is 17.1 Å². The molecule has 0 amide bonds. The van der Waals surface area contributed by atoms with Gasteiger partial charge in [-0.3, -0.25) is 0 Å². The van der Waals surface area contributed by atoms with Crippen LogP contribution in [0.1, 0.15) is 25.1 Å². The van der Waals surface area contributed by atoms with Crippen molar-refractivity contribution in [1.29, 1.82) is 5.26 Å². The lowest BCUT2D eigenvalue weighted by molar-refractivity contribution is -0.00638. The Labute approximate surface area is 194 Å². The van der Waals surface area contributed by atoms with Gasteiger partial charge in [0, 0.05) is 32.2 Å².